The molecule has 0 amide bonds. The molecule has 1 heterocycles. The fraction of sp³-hybridized carbons (Fsp3) is 0.0625. The van der Waals surface area contributed by atoms with E-state index in [2.05, 4.69) is 15.5 Å². The number of hydrazone groups is 1. The van der Waals surface area contributed by atoms with E-state index in [0.29, 0.717) is 0 Å². The largest absolute Gasteiger partial charge is 0.456 e. The number of aromatic nitrogens is 1. The summed E-state index contributed by atoms with van der Waals surface area (Å²) in [6.45, 7) is 0. The lowest BCUT2D eigenvalue weighted by molar-refractivity contribution is -0.163. The van der Waals surface area contributed by atoms with Crippen molar-refractivity contribution in [3.05, 3.63) is 60.2 Å². The Balaban J connectivity index is 2.01. The number of rotatable bonds is 4. The van der Waals surface area contributed by atoms with Gasteiger partial charge in [0.15, 0.2) is 11.3 Å². The number of hydrogen-bond donors (Lipinski definition) is 1. The molecular weight excluding hydrogens is 342 g/mol. The molecule has 3 aromatic rings. The van der Waals surface area contributed by atoms with Gasteiger partial charge in [0.25, 0.3) is 11.7 Å². The van der Waals surface area contributed by atoms with E-state index >= 15 is 0 Å². The van der Waals surface area contributed by atoms with Crippen LogP contribution in [0, 0.1) is 5.82 Å². The predicted molar refractivity (Wildman–Crippen MR) is 81.6 cm³/mol. The molecule has 9 heteroatoms. The summed E-state index contributed by atoms with van der Waals surface area (Å²) in [7, 11) is 0. The van der Waals surface area contributed by atoms with Crippen LogP contribution in [0.25, 0.3) is 11.1 Å². The first kappa shape index (κ1) is 16.6. The number of benzene rings is 2. The number of anilines is 1. The number of fused-ring (bicyclic) bond motifs is 1. The van der Waals surface area contributed by atoms with Crippen molar-refractivity contribution in [1.82, 2.24) is 4.98 Å². The third-order valence-electron chi connectivity index (χ3n) is 3.11. The molecule has 0 saturated carbocycles. The molecule has 0 aliphatic rings. The zero-order chi connectivity index (χ0) is 18.0. The summed E-state index contributed by atoms with van der Waals surface area (Å²) in [5.74, 6) is -3.31. The van der Waals surface area contributed by atoms with Crippen molar-refractivity contribution in [3.8, 4) is 0 Å². The van der Waals surface area contributed by atoms with Crippen molar-refractivity contribution in [2.75, 3.05) is 5.43 Å². The average Bonchev–Trinajstić information content (AvgIpc) is 2.99. The minimum atomic E-state index is -5.16. The standard InChI is InChI=1S/C16H9F4N3O2/c17-9-5-7-10(8-6-9)22-23-13(14(24)16(18,19)20)15-21-11-3-1-2-4-12(11)25-15/h1-8,22H/b23-13+. The van der Waals surface area contributed by atoms with Gasteiger partial charge >= 0.3 is 6.18 Å². The number of carbonyl (C=O) groups is 1. The second-order valence-corrected chi connectivity index (χ2v) is 4.89. The SMILES string of the molecule is O=C(/C(=N\Nc1ccc(F)cc1)c1nc2ccccc2o1)C(F)(F)F. The van der Waals surface area contributed by atoms with Crippen molar-refractivity contribution in [3.63, 3.8) is 0 Å². The summed E-state index contributed by atoms with van der Waals surface area (Å²) in [6, 6.07) is 10.9. The molecule has 3 rings (SSSR count). The summed E-state index contributed by atoms with van der Waals surface area (Å²) in [6.07, 6.45) is -5.16. The minimum Gasteiger partial charge on any atom is -0.435 e. The van der Waals surface area contributed by atoms with Gasteiger partial charge in [0, 0.05) is 0 Å². The number of para-hydroxylation sites is 2. The highest BCUT2D eigenvalue weighted by Crippen LogP contribution is 2.22. The van der Waals surface area contributed by atoms with E-state index < -0.39 is 29.4 Å². The van der Waals surface area contributed by atoms with Crippen LogP contribution >= 0.6 is 0 Å². The number of ketones is 1. The van der Waals surface area contributed by atoms with Crippen LogP contribution < -0.4 is 5.43 Å². The van der Waals surface area contributed by atoms with Crippen LogP contribution in [0.15, 0.2) is 58.0 Å². The van der Waals surface area contributed by atoms with Gasteiger partial charge in [0.2, 0.25) is 0 Å². The smallest absolute Gasteiger partial charge is 0.435 e. The molecule has 1 aromatic heterocycles. The molecule has 0 spiro atoms. The number of nitrogens with zero attached hydrogens (tertiary/aromatic N) is 2. The second kappa shape index (κ2) is 6.34. The minimum absolute atomic E-state index is 0.185. The summed E-state index contributed by atoms with van der Waals surface area (Å²) in [5.41, 5.74) is 1.91. The van der Waals surface area contributed by atoms with Crippen LogP contribution in [0.1, 0.15) is 5.89 Å². The van der Waals surface area contributed by atoms with Gasteiger partial charge in [-0.15, -0.1) is 0 Å². The van der Waals surface area contributed by atoms with Gasteiger partial charge in [-0.05, 0) is 36.4 Å². The first-order valence-electron chi connectivity index (χ1n) is 6.91. The molecule has 0 unspecified atom stereocenters. The molecule has 0 fully saturated rings. The fourth-order valence-corrected chi connectivity index (χ4v) is 1.95. The third-order valence-corrected chi connectivity index (χ3v) is 3.11. The zero-order valence-electron chi connectivity index (χ0n) is 12.3. The lowest BCUT2D eigenvalue weighted by Crippen LogP contribution is -2.32. The Bertz CT molecular complexity index is 913. The van der Waals surface area contributed by atoms with Gasteiger partial charge in [-0.25, -0.2) is 9.37 Å². The van der Waals surface area contributed by atoms with Gasteiger partial charge in [-0.1, -0.05) is 12.1 Å². The first-order chi connectivity index (χ1) is 11.8. The predicted octanol–water partition coefficient (Wildman–Crippen LogP) is 3.91. The number of carbonyl (C=O) groups excluding carboxylic acids is 1. The lowest BCUT2D eigenvalue weighted by Gasteiger charge is -2.06. The fourth-order valence-electron chi connectivity index (χ4n) is 1.95. The van der Waals surface area contributed by atoms with Crippen LogP contribution in [-0.4, -0.2) is 22.7 Å². The maximum atomic E-state index is 12.9. The lowest BCUT2D eigenvalue weighted by atomic mass is 10.2. The Labute approximate surface area is 138 Å². The Morgan fingerprint density at radius 2 is 1.76 bits per heavy atom. The van der Waals surface area contributed by atoms with E-state index in [1.54, 1.807) is 12.1 Å². The monoisotopic (exact) mass is 351 g/mol. The van der Waals surface area contributed by atoms with Crippen LogP contribution in [0.2, 0.25) is 0 Å². The van der Waals surface area contributed by atoms with Gasteiger partial charge in [-0.2, -0.15) is 18.3 Å². The maximum Gasteiger partial charge on any atom is 0.456 e. The molecule has 5 nitrogen and oxygen atoms in total. The second-order valence-electron chi connectivity index (χ2n) is 4.89. The summed E-state index contributed by atoms with van der Waals surface area (Å²) in [4.78, 5) is 15.5. The van der Waals surface area contributed by atoms with Gasteiger partial charge in [0.1, 0.15) is 11.3 Å². The quantitative estimate of drug-likeness (QED) is 0.440. The van der Waals surface area contributed by atoms with Crippen molar-refractivity contribution in [2.24, 2.45) is 5.10 Å². The Morgan fingerprint density at radius 3 is 2.40 bits per heavy atom. The van der Waals surface area contributed by atoms with Gasteiger partial charge < -0.3 is 4.42 Å². The third kappa shape index (κ3) is 3.65. The molecule has 2 aromatic carbocycles. The van der Waals surface area contributed by atoms with Crippen LogP contribution in [-0.2, 0) is 4.79 Å². The molecular formula is C16H9F4N3O2. The van der Waals surface area contributed by atoms with Gasteiger partial charge in [0.05, 0.1) is 5.69 Å². The van der Waals surface area contributed by atoms with Crippen molar-refractivity contribution < 1.29 is 26.8 Å². The molecule has 0 aliphatic carbocycles. The topological polar surface area (TPSA) is 67.5 Å². The van der Waals surface area contributed by atoms with E-state index in [4.69, 9.17) is 4.42 Å². The number of halogens is 4. The van der Waals surface area contributed by atoms with Crippen molar-refractivity contribution >= 4 is 28.3 Å². The number of nitrogens with one attached hydrogen (secondary N) is 1. The maximum absolute atomic E-state index is 12.9. The van der Waals surface area contributed by atoms with E-state index in [9.17, 15) is 22.4 Å². The molecule has 128 valence electrons. The Kier molecular flexibility index (Phi) is 4.22. The molecule has 0 aliphatic heterocycles. The Hall–Kier alpha value is -3.23. The van der Waals surface area contributed by atoms with Crippen LogP contribution in [0.4, 0.5) is 23.2 Å². The van der Waals surface area contributed by atoms with E-state index in [1.807, 2.05) is 0 Å². The van der Waals surface area contributed by atoms with E-state index in [0.717, 1.165) is 12.1 Å². The van der Waals surface area contributed by atoms with Crippen LogP contribution in [0.5, 0.6) is 0 Å². The number of alkyl halides is 3. The highest BCUT2D eigenvalue weighted by molar-refractivity contribution is 6.47. The highest BCUT2D eigenvalue weighted by atomic mass is 19.4. The van der Waals surface area contributed by atoms with Crippen LogP contribution in [0.3, 0.4) is 0 Å². The normalized spacial score (nSPS) is 12.4. The molecule has 0 saturated heterocycles. The van der Waals surface area contributed by atoms with E-state index in [-0.39, 0.29) is 16.8 Å². The Morgan fingerprint density at radius 1 is 1.08 bits per heavy atom. The number of hydrogen-bond acceptors (Lipinski definition) is 5. The first-order valence-corrected chi connectivity index (χ1v) is 6.91. The summed E-state index contributed by atoms with van der Waals surface area (Å²) in [5, 5.41) is 3.47. The van der Waals surface area contributed by atoms with E-state index in [1.165, 1.54) is 24.3 Å². The van der Waals surface area contributed by atoms with Gasteiger partial charge in [-0.3, -0.25) is 10.2 Å². The number of Topliss-reactive ketones (excluding diaryl/α,β-unsaturated/α-hetero) is 1. The molecule has 25 heavy (non-hydrogen) atoms. The number of oxazole rings is 1. The summed E-state index contributed by atoms with van der Waals surface area (Å²) < 4.78 is 56.6. The highest BCUT2D eigenvalue weighted by Gasteiger charge is 2.44. The molecule has 0 atom stereocenters. The molecule has 0 bridgehead atoms. The average molecular weight is 351 g/mol. The molecule has 1 N–H and O–H groups in total. The zero-order valence-corrected chi connectivity index (χ0v) is 12.3. The molecule has 0 radical (unpaired) electrons. The summed E-state index contributed by atoms with van der Waals surface area (Å²) >= 11 is 0. The van der Waals surface area contributed by atoms with Crippen molar-refractivity contribution in [2.45, 2.75) is 6.18 Å². The van der Waals surface area contributed by atoms with Crippen molar-refractivity contribution in [1.29, 1.82) is 0 Å².